The molecule has 15 heavy (non-hydrogen) atoms. The SMILES string of the molecule is CCC(Cl)CCNC(=O)C1OCCC1C. The summed E-state index contributed by atoms with van der Waals surface area (Å²) >= 11 is 5.95. The third-order valence-corrected chi connectivity index (χ3v) is 3.37. The molecule has 0 aromatic heterocycles. The lowest BCUT2D eigenvalue weighted by atomic mass is 10.0. The maximum atomic E-state index is 11.6. The molecule has 1 rings (SSSR count). The summed E-state index contributed by atoms with van der Waals surface area (Å²) in [6.07, 6.45) is 2.49. The lowest BCUT2D eigenvalue weighted by molar-refractivity contribution is -0.131. The molecule has 0 radical (unpaired) electrons. The van der Waals surface area contributed by atoms with E-state index in [1.54, 1.807) is 0 Å². The molecule has 0 aliphatic carbocycles. The van der Waals surface area contributed by atoms with Crippen molar-refractivity contribution in [2.24, 2.45) is 5.92 Å². The number of nitrogens with one attached hydrogen (secondary N) is 1. The smallest absolute Gasteiger partial charge is 0.249 e. The van der Waals surface area contributed by atoms with Gasteiger partial charge in [-0.2, -0.15) is 0 Å². The highest BCUT2D eigenvalue weighted by molar-refractivity contribution is 6.20. The molecule has 1 saturated heterocycles. The van der Waals surface area contributed by atoms with Crippen LogP contribution in [0.2, 0.25) is 0 Å². The Morgan fingerprint density at radius 1 is 1.67 bits per heavy atom. The summed E-state index contributed by atoms with van der Waals surface area (Å²) in [6, 6.07) is 0. The van der Waals surface area contributed by atoms with Crippen LogP contribution < -0.4 is 5.32 Å². The Morgan fingerprint density at radius 3 is 2.93 bits per heavy atom. The van der Waals surface area contributed by atoms with Gasteiger partial charge in [-0.25, -0.2) is 0 Å². The number of rotatable bonds is 5. The molecular formula is C11H20ClNO2. The van der Waals surface area contributed by atoms with E-state index in [0.717, 1.165) is 19.3 Å². The van der Waals surface area contributed by atoms with Gasteiger partial charge in [0, 0.05) is 18.5 Å². The highest BCUT2D eigenvalue weighted by Gasteiger charge is 2.30. The molecule has 0 aromatic rings. The predicted octanol–water partition coefficient (Wildman–Crippen LogP) is 1.94. The molecule has 1 amide bonds. The van der Waals surface area contributed by atoms with Crippen LogP contribution in [-0.4, -0.2) is 30.5 Å². The van der Waals surface area contributed by atoms with Crippen molar-refractivity contribution in [2.45, 2.75) is 44.6 Å². The van der Waals surface area contributed by atoms with Crippen molar-refractivity contribution in [1.82, 2.24) is 5.32 Å². The van der Waals surface area contributed by atoms with Crippen LogP contribution >= 0.6 is 11.6 Å². The summed E-state index contributed by atoms with van der Waals surface area (Å²) in [7, 11) is 0. The standard InChI is InChI=1S/C11H20ClNO2/c1-3-9(12)4-6-13-11(14)10-8(2)5-7-15-10/h8-10H,3-7H2,1-2H3,(H,13,14). The molecule has 0 spiro atoms. The van der Waals surface area contributed by atoms with Crippen molar-refractivity contribution < 1.29 is 9.53 Å². The lowest BCUT2D eigenvalue weighted by Gasteiger charge is -2.15. The molecule has 4 heteroatoms. The van der Waals surface area contributed by atoms with E-state index in [-0.39, 0.29) is 17.4 Å². The third-order valence-electron chi connectivity index (χ3n) is 2.85. The molecule has 1 aliphatic heterocycles. The number of alkyl halides is 1. The summed E-state index contributed by atoms with van der Waals surface area (Å²) in [5, 5.41) is 3.03. The van der Waals surface area contributed by atoms with E-state index in [1.807, 2.05) is 13.8 Å². The normalized spacial score (nSPS) is 27.7. The van der Waals surface area contributed by atoms with Crippen LogP contribution in [-0.2, 0) is 9.53 Å². The van der Waals surface area contributed by atoms with Crippen LogP contribution in [0, 0.1) is 5.92 Å². The fourth-order valence-electron chi connectivity index (χ4n) is 1.69. The summed E-state index contributed by atoms with van der Waals surface area (Å²) < 4.78 is 5.37. The lowest BCUT2D eigenvalue weighted by Crippen LogP contribution is -2.38. The second kappa shape index (κ2) is 6.33. The molecule has 3 atom stereocenters. The summed E-state index contributed by atoms with van der Waals surface area (Å²) in [5.74, 6) is 0.350. The zero-order chi connectivity index (χ0) is 11.3. The number of amides is 1. The van der Waals surface area contributed by atoms with Gasteiger partial charge in [-0.3, -0.25) is 4.79 Å². The van der Waals surface area contributed by atoms with Gasteiger partial charge < -0.3 is 10.1 Å². The van der Waals surface area contributed by atoms with E-state index in [2.05, 4.69) is 5.32 Å². The topological polar surface area (TPSA) is 38.3 Å². The highest BCUT2D eigenvalue weighted by atomic mass is 35.5. The van der Waals surface area contributed by atoms with Gasteiger partial charge in [0.05, 0.1) is 0 Å². The van der Waals surface area contributed by atoms with E-state index >= 15 is 0 Å². The molecule has 1 N–H and O–H groups in total. The van der Waals surface area contributed by atoms with E-state index in [1.165, 1.54) is 0 Å². The number of ether oxygens (including phenoxy) is 1. The van der Waals surface area contributed by atoms with Crippen molar-refractivity contribution in [3.8, 4) is 0 Å². The molecule has 0 bridgehead atoms. The zero-order valence-electron chi connectivity index (χ0n) is 9.46. The first-order valence-electron chi connectivity index (χ1n) is 5.68. The molecule has 0 saturated carbocycles. The largest absolute Gasteiger partial charge is 0.368 e. The van der Waals surface area contributed by atoms with Gasteiger partial charge in [-0.05, 0) is 25.2 Å². The zero-order valence-corrected chi connectivity index (χ0v) is 10.2. The Hall–Kier alpha value is -0.280. The Morgan fingerprint density at radius 2 is 2.40 bits per heavy atom. The minimum atomic E-state index is -0.250. The first-order chi connectivity index (χ1) is 7.15. The minimum Gasteiger partial charge on any atom is -0.368 e. The van der Waals surface area contributed by atoms with Gasteiger partial charge in [-0.15, -0.1) is 11.6 Å². The number of hydrogen-bond donors (Lipinski definition) is 1. The average Bonchev–Trinajstić information content (AvgIpc) is 2.64. The van der Waals surface area contributed by atoms with Gasteiger partial charge in [-0.1, -0.05) is 13.8 Å². The minimum absolute atomic E-state index is 0.0139. The quantitative estimate of drug-likeness (QED) is 0.737. The predicted molar refractivity (Wildman–Crippen MR) is 61.1 cm³/mol. The van der Waals surface area contributed by atoms with Crippen molar-refractivity contribution in [1.29, 1.82) is 0 Å². The first kappa shape index (κ1) is 12.8. The fraction of sp³-hybridized carbons (Fsp3) is 0.909. The van der Waals surface area contributed by atoms with E-state index in [9.17, 15) is 4.79 Å². The second-order valence-electron chi connectivity index (χ2n) is 4.14. The third kappa shape index (κ3) is 3.99. The van der Waals surface area contributed by atoms with Gasteiger partial charge in [0.1, 0.15) is 6.10 Å². The molecule has 1 heterocycles. The van der Waals surface area contributed by atoms with Crippen LogP contribution in [0.3, 0.4) is 0 Å². The van der Waals surface area contributed by atoms with Gasteiger partial charge in [0.15, 0.2) is 0 Å². The van der Waals surface area contributed by atoms with Crippen molar-refractivity contribution in [3.05, 3.63) is 0 Å². The maximum absolute atomic E-state index is 11.6. The monoisotopic (exact) mass is 233 g/mol. The van der Waals surface area contributed by atoms with Crippen LogP contribution in [0.25, 0.3) is 0 Å². The molecule has 0 aromatic carbocycles. The van der Waals surface area contributed by atoms with Crippen molar-refractivity contribution in [2.75, 3.05) is 13.2 Å². The number of carbonyl (C=O) groups excluding carboxylic acids is 1. The van der Waals surface area contributed by atoms with Crippen LogP contribution in [0.4, 0.5) is 0 Å². The number of hydrogen-bond acceptors (Lipinski definition) is 2. The van der Waals surface area contributed by atoms with Crippen molar-refractivity contribution in [3.63, 3.8) is 0 Å². The Bertz CT molecular complexity index is 211. The highest BCUT2D eigenvalue weighted by Crippen LogP contribution is 2.19. The summed E-state index contributed by atoms with van der Waals surface area (Å²) in [5.41, 5.74) is 0. The van der Waals surface area contributed by atoms with Gasteiger partial charge >= 0.3 is 0 Å². The fourth-order valence-corrected chi connectivity index (χ4v) is 1.80. The van der Waals surface area contributed by atoms with Gasteiger partial charge in [0.2, 0.25) is 5.91 Å². The van der Waals surface area contributed by atoms with Crippen molar-refractivity contribution >= 4 is 17.5 Å². The molecule has 1 fully saturated rings. The Balaban J connectivity index is 2.18. The summed E-state index contributed by atoms with van der Waals surface area (Å²) in [4.78, 5) is 11.6. The molecule has 88 valence electrons. The Labute approximate surface area is 96.5 Å². The van der Waals surface area contributed by atoms with E-state index in [4.69, 9.17) is 16.3 Å². The molecular weight excluding hydrogens is 214 g/mol. The van der Waals surface area contributed by atoms with E-state index < -0.39 is 0 Å². The second-order valence-corrected chi connectivity index (χ2v) is 4.76. The molecule has 3 unspecified atom stereocenters. The van der Waals surface area contributed by atoms with Crippen LogP contribution in [0.15, 0.2) is 0 Å². The molecule has 3 nitrogen and oxygen atoms in total. The van der Waals surface area contributed by atoms with Crippen LogP contribution in [0.1, 0.15) is 33.1 Å². The van der Waals surface area contributed by atoms with Crippen LogP contribution in [0.5, 0.6) is 0 Å². The molecule has 1 aliphatic rings. The first-order valence-corrected chi connectivity index (χ1v) is 6.12. The average molecular weight is 234 g/mol. The number of carbonyl (C=O) groups is 1. The van der Waals surface area contributed by atoms with Gasteiger partial charge in [0.25, 0.3) is 0 Å². The Kier molecular flexibility index (Phi) is 5.40. The maximum Gasteiger partial charge on any atom is 0.249 e. The number of halogens is 1. The summed E-state index contributed by atoms with van der Waals surface area (Å²) in [6.45, 7) is 5.44. The van der Waals surface area contributed by atoms with E-state index in [0.29, 0.717) is 19.1 Å².